The molecule has 0 amide bonds. The molecule has 0 spiro atoms. The third-order valence-corrected chi connectivity index (χ3v) is 7.84. The third-order valence-electron chi connectivity index (χ3n) is 3.71. The van der Waals surface area contributed by atoms with Gasteiger partial charge in [-0.2, -0.15) is 0 Å². The van der Waals surface area contributed by atoms with Gasteiger partial charge in [-0.1, -0.05) is 62.2 Å². The molecule has 0 N–H and O–H groups in total. The summed E-state index contributed by atoms with van der Waals surface area (Å²) in [5, 5.41) is 2.54. The maximum Gasteiger partial charge on any atom is 0.171 e. The Balaban J connectivity index is 2.22. The van der Waals surface area contributed by atoms with Gasteiger partial charge in [-0.05, 0) is 55.0 Å². The first-order valence-electron chi connectivity index (χ1n) is 7.27. The van der Waals surface area contributed by atoms with Gasteiger partial charge in [0, 0.05) is 24.9 Å². The molecule has 0 saturated heterocycles. The van der Waals surface area contributed by atoms with Crippen molar-refractivity contribution in [2.24, 2.45) is 0 Å². The normalized spacial score (nSPS) is 14.4. The van der Waals surface area contributed by atoms with Gasteiger partial charge in [-0.25, -0.2) is 0 Å². The van der Waals surface area contributed by atoms with Crippen LogP contribution in [0.5, 0.6) is 0 Å². The fourth-order valence-electron chi connectivity index (χ4n) is 2.53. The Morgan fingerprint density at radius 1 is 0.783 bits per heavy atom. The van der Waals surface area contributed by atoms with E-state index in [-0.39, 0.29) is 0 Å². The van der Waals surface area contributed by atoms with E-state index in [0.29, 0.717) is 0 Å². The zero-order valence-electron chi connectivity index (χ0n) is 12.3. The summed E-state index contributed by atoms with van der Waals surface area (Å²) < 4.78 is 16.1. The van der Waals surface area contributed by atoms with Gasteiger partial charge in [-0.15, -0.1) is 0 Å². The van der Waals surface area contributed by atoms with E-state index in [1.807, 2.05) is 66.8 Å². The van der Waals surface area contributed by atoms with Crippen molar-refractivity contribution in [1.29, 1.82) is 0 Å². The summed E-state index contributed by atoms with van der Waals surface area (Å²) in [6.45, 7) is 0. The largest absolute Gasteiger partial charge is 0.309 e. The summed E-state index contributed by atoms with van der Waals surface area (Å²) in [6, 6.07) is 15.5. The summed E-state index contributed by atoms with van der Waals surface area (Å²) in [5.41, 5.74) is 0. The van der Waals surface area contributed by atoms with Gasteiger partial charge in [0.15, 0.2) is 7.14 Å². The molecule has 116 valence electrons. The second kappa shape index (κ2) is 7.17. The van der Waals surface area contributed by atoms with Crippen LogP contribution in [0.3, 0.4) is 0 Å². The number of benzene rings is 2. The first-order valence-corrected chi connectivity index (χ1v) is 10.6. The Bertz CT molecular complexity index is 781. The Morgan fingerprint density at radius 2 is 1.30 bits per heavy atom. The summed E-state index contributed by atoms with van der Waals surface area (Å²) in [6.07, 6.45) is 10.9. The average Bonchev–Trinajstić information content (AvgIpc) is 2.85. The lowest BCUT2D eigenvalue weighted by Crippen LogP contribution is -2.17. The van der Waals surface area contributed by atoms with E-state index in [4.69, 9.17) is 0 Å². The van der Waals surface area contributed by atoms with Crippen LogP contribution in [-0.4, -0.2) is 0 Å². The highest BCUT2D eigenvalue weighted by atomic mass is 79.9. The minimum absolute atomic E-state index is 0.842. The molecular formula is C19H15Br2OP. The van der Waals surface area contributed by atoms with Gasteiger partial charge in [0.1, 0.15) is 0 Å². The van der Waals surface area contributed by atoms with Crippen LogP contribution in [-0.2, 0) is 4.57 Å². The Hall–Kier alpha value is -1.15. The van der Waals surface area contributed by atoms with E-state index in [9.17, 15) is 4.57 Å². The van der Waals surface area contributed by atoms with Crippen LogP contribution >= 0.6 is 39.0 Å². The maximum absolute atomic E-state index is 14.2. The molecule has 2 aromatic carbocycles. The topological polar surface area (TPSA) is 17.1 Å². The van der Waals surface area contributed by atoms with E-state index >= 15 is 0 Å². The molecule has 1 aliphatic rings. The highest BCUT2D eigenvalue weighted by Crippen LogP contribution is 2.52. The number of halogens is 2. The van der Waals surface area contributed by atoms with Crippen LogP contribution in [0.15, 0.2) is 93.2 Å². The number of rotatable bonds is 3. The second-order valence-corrected chi connectivity index (χ2v) is 9.82. The summed E-state index contributed by atoms with van der Waals surface area (Å²) >= 11 is 6.90. The third kappa shape index (κ3) is 3.52. The summed E-state index contributed by atoms with van der Waals surface area (Å²) in [7, 11) is -2.89. The van der Waals surface area contributed by atoms with Gasteiger partial charge in [-0.3, -0.25) is 0 Å². The van der Waals surface area contributed by atoms with Crippen LogP contribution in [0.2, 0.25) is 0 Å². The van der Waals surface area contributed by atoms with E-state index in [1.165, 1.54) is 0 Å². The van der Waals surface area contributed by atoms with Gasteiger partial charge in [0.2, 0.25) is 0 Å². The highest BCUT2D eigenvalue weighted by molar-refractivity contribution is 9.10. The summed E-state index contributed by atoms with van der Waals surface area (Å²) in [4.78, 5) is 0. The fraction of sp³-hybridized carbons (Fsp3) is 0.0526. The van der Waals surface area contributed by atoms with E-state index in [1.54, 1.807) is 0 Å². The van der Waals surface area contributed by atoms with Crippen molar-refractivity contribution in [1.82, 2.24) is 0 Å². The minimum atomic E-state index is -2.89. The van der Waals surface area contributed by atoms with Gasteiger partial charge < -0.3 is 4.57 Å². The van der Waals surface area contributed by atoms with Crippen LogP contribution in [0, 0.1) is 0 Å². The molecule has 0 aliphatic heterocycles. The molecule has 4 heteroatoms. The monoisotopic (exact) mass is 448 g/mol. The second-order valence-electron chi connectivity index (χ2n) is 5.22. The lowest BCUT2D eigenvalue weighted by atomic mass is 10.4. The van der Waals surface area contributed by atoms with Crippen molar-refractivity contribution in [3.63, 3.8) is 0 Å². The molecular weight excluding hydrogens is 435 g/mol. The lowest BCUT2D eigenvalue weighted by Gasteiger charge is -2.21. The zero-order chi connectivity index (χ0) is 16.3. The predicted octanol–water partition coefficient (Wildman–Crippen LogP) is 5.93. The molecule has 0 atom stereocenters. The van der Waals surface area contributed by atoms with Gasteiger partial charge >= 0.3 is 0 Å². The van der Waals surface area contributed by atoms with Crippen molar-refractivity contribution in [2.45, 2.75) is 6.42 Å². The molecule has 1 nitrogen and oxygen atoms in total. The minimum Gasteiger partial charge on any atom is -0.309 e. The van der Waals surface area contributed by atoms with Crippen LogP contribution in [0.1, 0.15) is 6.42 Å². The predicted molar refractivity (Wildman–Crippen MR) is 106 cm³/mol. The SMILES string of the molecule is O=P(C1=CC=CCC=C1)(c1ccc(Br)cc1)c1ccc(Br)cc1. The zero-order valence-corrected chi connectivity index (χ0v) is 16.4. The van der Waals surface area contributed by atoms with Gasteiger partial charge in [0.25, 0.3) is 0 Å². The van der Waals surface area contributed by atoms with Crippen LogP contribution in [0.25, 0.3) is 0 Å². The maximum atomic E-state index is 14.2. The highest BCUT2D eigenvalue weighted by Gasteiger charge is 2.30. The Kier molecular flexibility index (Phi) is 5.21. The molecule has 23 heavy (non-hydrogen) atoms. The molecule has 0 aromatic heterocycles. The molecule has 1 aliphatic carbocycles. The molecule has 3 rings (SSSR count). The fourth-order valence-corrected chi connectivity index (χ4v) is 5.70. The molecule has 2 aromatic rings. The van der Waals surface area contributed by atoms with Crippen LogP contribution < -0.4 is 10.6 Å². The van der Waals surface area contributed by atoms with Gasteiger partial charge in [0.05, 0.1) is 0 Å². The van der Waals surface area contributed by atoms with Crippen molar-refractivity contribution < 1.29 is 4.57 Å². The Labute approximate surface area is 153 Å². The number of hydrogen-bond acceptors (Lipinski definition) is 1. The summed E-state index contributed by atoms with van der Waals surface area (Å²) in [5.74, 6) is 0. The Morgan fingerprint density at radius 3 is 1.83 bits per heavy atom. The first-order chi connectivity index (χ1) is 11.1. The van der Waals surface area contributed by atoms with Crippen molar-refractivity contribution in [3.05, 3.63) is 93.2 Å². The smallest absolute Gasteiger partial charge is 0.171 e. The average molecular weight is 450 g/mol. The molecule has 0 saturated carbocycles. The van der Waals surface area contributed by atoms with Crippen molar-refractivity contribution in [3.8, 4) is 0 Å². The quantitative estimate of drug-likeness (QED) is 0.531. The molecule has 0 bridgehead atoms. The molecule has 0 radical (unpaired) electrons. The lowest BCUT2D eigenvalue weighted by molar-refractivity contribution is 0.591. The number of hydrogen-bond donors (Lipinski definition) is 0. The van der Waals surface area contributed by atoms with Crippen molar-refractivity contribution in [2.75, 3.05) is 0 Å². The van der Waals surface area contributed by atoms with E-state index in [2.05, 4.69) is 44.0 Å². The van der Waals surface area contributed by atoms with Crippen molar-refractivity contribution >= 4 is 49.6 Å². The van der Waals surface area contributed by atoms with E-state index in [0.717, 1.165) is 31.3 Å². The number of allylic oxidation sites excluding steroid dienone is 6. The van der Waals surface area contributed by atoms with E-state index < -0.39 is 7.14 Å². The standard InChI is InChI=1S/C19H15Br2OP/c20-15-7-11-18(12-8-15)23(22,17-5-3-1-2-4-6-17)19-13-9-16(21)10-14-19/h1,3-14H,2H2. The van der Waals surface area contributed by atoms with Crippen LogP contribution in [0.4, 0.5) is 0 Å². The first kappa shape index (κ1) is 16.7. The molecule has 0 unspecified atom stereocenters. The molecule has 0 heterocycles. The molecule has 0 fully saturated rings.